The third-order valence-corrected chi connectivity index (χ3v) is 5.24. The van der Waals surface area contributed by atoms with Gasteiger partial charge in [-0.15, -0.1) is 11.3 Å². The van der Waals surface area contributed by atoms with Gasteiger partial charge in [-0.1, -0.05) is 24.6 Å². The number of ether oxygens (including phenoxy) is 1. The maximum atomic E-state index is 5.51. The third kappa shape index (κ3) is 4.56. The fourth-order valence-corrected chi connectivity index (χ4v) is 3.91. The molecule has 114 valence electrons. The van der Waals surface area contributed by atoms with E-state index in [1.54, 1.807) is 18.4 Å². The normalized spacial score (nSPS) is 12.4. The number of nitrogens with one attached hydrogen (secondary N) is 1. The monoisotopic (exact) mass is 367 g/mol. The van der Waals surface area contributed by atoms with Crippen molar-refractivity contribution in [1.82, 2.24) is 5.32 Å². The number of thiophene rings is 1. The van der Waals surface area contributed by atoms with E-state index >= 15 is 0 Å². The van der Waals surface area contributed by atoms with Gasteiger partial charge in [0.15, 0.2) is 0 Å². The Bertz CT molecular complexity index is 582. The molecule has 2 nitrogen and oxygen atoms in total. The van der Waals surface area contributed by atoms with Crippen molar-refractivity contribution in [3.8, 4) is 5.75 Å². The highest BCUT2D eigenvalue weighted by Gasteiger charge is 2.16. The molecule has 0 aliphatic heterocycles. The van der Waals surface area contributed by atoms with Gasteiger partial charge in [0.1, 0.15) is 5.75 Å². The molecular weight excluding hydrogens is 346 g/mol. The summed E-state index contributed by atoms with van der Waals surface area (Å²) < 4.78 is 6.67. The van der Waals surface area contributed by atoms with Crippen LogP contribution in [0.2, 0.25) is 0 Å². The van der Waals surface area contributed by atoms with Crippen LogP contribution in [0.4, 0.5) is 0 Å². The van der Waals surface area contributed by atoms with Crippen LogP contribution in [0.1, 0.15) is 35.4 Å². The van der Waals surface area contributed by atoms with Crippen LogP contribution in [0.5, 0.6) is 5.75 Å². The molecule has 0 fully saturated rings. The van der Waals surface area contributed by atoms with Gasteiger partial charge < -0.3 is 10.1 Å². The van der Waals surface area contributed by atoms with Crippen molar-refractivity contribution in [3.63, 3.8) is 0 Å². The topological polar surface area (TPSA) is 21.3 Å². The summed E-state index contributed by atoms with van der Waals surface area (Å²) >= 11 is 5.35. The van der Waals surface area contributed by atoms with E-state index in [1.165, 1.54) is 16.0 Å². The van der Waals surface area contributed by atoms with Crippen molar-refractivity contribution >= 4 is 27.3 Å². The molecule has 0 amide bonds. The largest absolute Gasteiger partial charge is 0.496 e. The number of rotatable bonds is 7. The lowest BCUT2D eigenvalue weighted by Gasteiger charge is -2.19. The third-order valence-electron chi connectivity index (χ3n) is 3.43. The van der Waals surface area contributed by atoms with Crippen molar-refractivity contribution in [2.45, 2.75) is 32.7 Å². The van der Waals surface area contributed by atoms with E-state index in [4.69, 9.17) is 4.74 Å². The number of hydrogen-bond acceptors (Lipinski definition) is 3. The minimum absolute atomic E-state index is 0.331. The van der Waals surface area contributed by atoms with Gasteiger partial charge >= 0.3 is 0 Å². The summed E-state index contributed by atoms with van der Waals surface area (Å²) in [5.74, 6) is 0.972. The van der Waals surface area contributed by atoms with Crippen LogP contribution in [0.15, 0.2) is 34.1 Å². The van der Waals surface area contributed by atoms with Gasteiger partial charge in [0.25, 0.3) is 0 Å². The summed E-state index contributed by atoms with van der Waals surface area (Å²) in [5.41, 5.74) is 2.53. The van der Waals surface area contributed by atoms with E-state index in [2.05, 4.69) is 64.7 Å². The summed E-state index contributed by atoms with van der Waals surface area (Å²) in [7, 11) is 1.74. The Labute approximate surface area is 139 Å². The molecule has 4 heteroatoms. The van der Waals surface area contributed by atoms with E-state index in [0.29, 0.717) is 6.04 Å². The van der Waals surface area contributed by atoms with Crippen molar-refractivity contribution in [1.29, 1.82) is 0 Å². The maximum Gasteiger partial charge on any atom is 0.122 e. The Morgan fingerprint density at radius 1 is 1.33 bits per heavy atom. The lowest BCUT2D eigenvalue weighted by molar-refractivity contribution is 0.405. The van der Waals surface area contributed by atoms with Crippen LogP contribution in [-0.4, -0.2) is 13.7 Å². The highest BCUT2D eigenvalue weighted by molar-refractivity contribution is 9.10. The number of halogens is 1. The molecule has 1 unspecified atom stereocenters. The highest BCUT2D eigenvalue weighted by Crippen LogP contribution is 2.31. The van der Waals surface area contributed by atoms with Crippen LogP contribution < -0.4 is 10.1 Å². The van der Waals surface area contributed by atoms with Crippen molar-refractivity contribution < 1.29 is 4.74 Å². The number of hydrogen-bond donors (Lipinski definition) is 1. The van der Waals surface area contributed by atoms with Gasteiger partial charge in [-0.25, -0.2) is 0 Å². The average molecular weight is 368 g/mol. The second kappa shape index (κ2) is 7.97. The predicted octanol–water partition coefficient (Wildman–Crippen LogP) is 5.11. The van der Waals surface area contributed by atoms with Gasteiger partial charge in [0.05, 0.1) is 7.11 Å². The minimum atomic E-state index is 0.331. The smallest absolute Gasteiger partial charge is 0.122 e. The molecule has 21 heavy (non-hydrogen) atoms. The van der Waals surface area contributed by atoms with Crippen molar-refractivity contribution in [2.75, 3.05) is 13.7 Å². The fraction of sp³-hybridized carbons (Fsp3) is 0.412. The van der Waals surface area contributed by atoms with Crippen LogP contribution >= 0.6 is 27.3 Å². The maximum absolute atomic E-state index is 5.51. The van der Waals surface area contributed by atoms with Crippen LogP contribution in [0.3, 0.4) is 0 Å². The van der Waals surface area contributed by atoms with E-state index in [9.17, 15) is 0 Å². The Hall–Kier alpha value is -0.840. The number of benzene rings is 1. The van der Waals surface area contributed by atoms with Gasteiger partial charge in [-0.2, -0.15) is 0 Å². The van der Waals surface area contributed by atoms with Gasteiger partial charge in [0, 0.05) is 20.8 Å². The molecule has 0 saturated carbocycles. The number of methoxy groups -OCH3 is 1. The predicted molar refractivity (Wildman–Crippen MR) is 94.5 cm³/mol. The molecule has 0 aliphatic rings. The summed E-state index contributed by atoms with van der Waals surface area (Å²) in [4.78, 5) is 1.36. The van der Waals surface area contributed by atoms with Gasteiger partial charge in [-0.05, 0) is 59.9 Å². The number of aryl methyl sites for hydroxylation is 1. The Balaban J connectivity index is 2.24. The molecule has 1 aromatic heterocycles. The molecule has 0 saturated heterocycles. The summed E-state index contributed by atoms with van der Waals surface area (Å²) in [6, 6.07) is 8.92. The van der Waals surface area contributed by atoms with Crippen LogP contribution in [0.25, 0.3) is 0 Å². The molecule has 0 spiro atoms. The van der Waals surface area contributed by atoms with Gasteiger partial charge in [-0.3, -0.25) is 0 Å². The SMILES string of the molecule is CCCNC(Cc1cc(C)ccc1OC)c1cc(Br)cs1. The lowest BCUT2D eigenvalue weighted by Crippen LogP contribution is -2.23. The molecule has 0 radical (unpaired) electrons. The Morgan fingerprint density at radius 3 is 2.76 bits per heavy atom. The van der Waals surface area contributed by atoms with Crippen LogP contribution in [0, 0.1) is 6.92 Å². The minimum Gasteiger partial charge on any atom is -0.496 e. The first-order valence-corrected chi connectivity index (χ1v) is 8.92. The molecule has 0 bridgehead atoms. The second-order valence-corrected chi connectivity index (χ2v) is 7.05. The Kier molecular flexibility index (Phi) is 6.27. The lowest BCUT2D eigenvalue weighted by atomic mass is 10.0. The summed E-state index contributed by atoms with van der Waals surface area (Å²) in [5, 5.41) is 5.79. The molecule has 2 rings (SSSR count). The highest BCUT2D eigenvalue weighted by atomic mass is 79.9. The van der Waals surface area contributed by atoms with Crippen LogP contribution in [-0.2, 0) is 6.42 Å². The molecule has 1 N–H and O–H groups in total. The van der Waals surface area contributed by atoms with Crippen molar-refractivity contribution in [3.05, 3.63) is 50.1 Å². The summed E-state index contributed by atoms with van der Waals surface area (Å²) in [6.45, 7) is 5.34. The molecule has 1 atom stereocenters. The van der Waals surface area contributed by atoms with E-state index in [-0.39, 0.29) is 0 Å². The zero-order valence-corrected chi connectivity index (χ0v) is 15.2. The van der Waals surface area contributed by atoms with E-state index < -0.39 is 0 Å². The van der Waals surface area contributed by atoms with Crippen molar-refractivity contribution in [2.24, 2.45) is 0 Å². The first-order valence-electron chi connectivity index (χ1n) is 7.25. The fourth-order valence-electron chi connectivity index (χ4n) is 2.39. The Morgan fingerprint density at radius 2 is 2.14 bits per heavy atom. The van der Waals surface area contributed by atoms with Gasteiger partial charge in [0.2, 0.25) is 0 Å². The molecule has 2 aromatic rings. The molecule has 1 aromatic carbocycles. The first kappa shape index (κ1) is 16.5. The zero-order chi connectivity index (χ0) is 15.2. The quantitative estimate of drug-likeness (QED) is 0.733. The zero-order valence-electron chi connectivity index (χ0n) is 12.8. The summed E-state index contributed by atoms with van der Waals surface area (Å²) in [6.07, 6.45) is 2.08. The van der Waals surface area contributed by atoms with E-state index in [0.717, 1.165) is 29.6 Å². The first-order chi connectivity index (χ1) is 10.1. The molecular formula is C17H22BrNOS. The van der Waals surface area contributed by atoms with E-state index in [1.807, 2.05) is 0 Å². The second-order valence-electron chi connectivity index (χ2n) is 5.19. The molecule has 1 heterocycles. The molecule has 0 aliphatic carbocycles. The standard InChI is InChI=1S/C17H22BrNOS/c1-4-7-19-15(17-10-14(18)11-21-17)9-13-8-12(2)5-6-16(13)20-3/h5-6,8,10-11,15,19H,4,7,9H2,1-3H3. The average Bonchev–Trinajstić information content (AvgIpc) is 2.90.